The van der Waals surface area contributed by atoms with Crippen molar-refractivity contribution in [2.45, 2.75) is 11.8 Å². The highest BCUT2D eigenvalue weighted by atomic mass is 32.2. The van der Waals surface area contributed by atoms with Gasteiger partial charge in [0.2, 0.25) is 5.88 Å². The molecule has 6 nitrogen and oxygen atoms in total. The maximum atomic E-state index is 13.4. The fourth-order valence-corrected chi connectivity index (χ4v) is 4.92. The van der Waals surface area contributed by atoms with E-state index in [4.69, 9.17) is 4.74 Å². The molecule has 0 aliphatic carbocycles. The van der Waals surface area contributed by atoms with Crippen molar-refractivity contribution < 1.29 is 22.7 Å². The lowest BCUT2D eigenvalue weighted by Crippen LogP contribution is -2.12. The first kappa shape index (κ1) is 20.4. The molecule has 0 aliphatic rings. The molecular formula is C23H17FN2O4S. The Balaban J connectivity index is 2.09. The zero-order valence-corrected chi connectivity index (χ0v) is 17.2. The van der Waals surface area contributed by atoms with Crippen LogP contribution in [0.3, 0.4) is 0 Å². The summed E-state index contributed by atoms with van der Waals surface area (Å²) in [6, 6.07) is 17.7. The van der Waals surface area contributed by atoms with E-state index >= 15 is 0 Å². The van der Waals surface area contributed by atoms with E-state index in [2.05, 4.69) is 0 Å². The van der Waals surface area contributed by atoms with Crippen molar-refractivity contribution >= 4 is 20.9 Å². The van der Waals surface area contributed by atoms with Crippen LogP contribution in [-0.2, 0) is 10.0 Å². The van der Waals surface area contributed by atoms with E-state index in [1.807, 2.05) is 13.0 Å². The molecule has 0 radical (unpaired) electrons. The quantitative estimate of drug-likeness (QED) is 0.491. The van der Waals surface area contributed by atoms with E-state index in [0.29, 0.717) is 28.9 Å². The topological polar surface area (TPSA) is 92.3 Å². The van der Waals surface area contributed by atoms with Crippen LogP contribution in [0.2, 0.25) is 0 Å². The molecule has 1 heterocycles. The van der Waals surface area contributed by atoms with Crippen LogP contribution in [0.1, 0.15) is 12.5 Å². The largest absolute Gasteiger partial charge is 0.493 e. The number of benzene rings is 3. The van der Waals surface area contributed by atoms with E-state index in [9.17, 15) is 23.2 Å². The predicted molar refractivity (Wildman–Crippen MR) is 114 cm³/mol. The molecule has 1 N–H and O–H groups in total. The molecule has 156 valence electrons. The number of nitrogens with zero attached hydrogens (tertiary/aromatic N) is 2. The van der Waals surface area contributed by atoms with Crippen LogP contribution >= 0.6 is 0 Å². The van der Waals surface area contributed by atoms with Crippen molar-refractivity contribution in [3.63, 3.8) is 0 Å². The molecule has 31 heavy (non-hydrogen) atoms. The minimum Gasteiger partial charge on any atom is -0.493 e. The average Bonchev–Trinajstić information content (AvgIpc) is 3.06. The summed E-state index contributed by atoms with van der Waals surface area (Å²) in [5, 5.41) is 20.9. The highest BCUT2D eigenvalue weighted by Crippen LogP contribution is 2.45. The van der Waals surface area contributed by atoms with Crippen LogP contribution in [0.4, 0.5) is 4.39 Å². The van der Waals surface area contributed by atoms with Crippen LogP contribution in [-0.4, -0.2) is 24.1 Å². The number of nitriles is 1. The van der Waals surface area contributed by atoms with Crippen LogP contribution in [0.25, 0.3) is 22.0 Å². The van der Waals surface area contributed by atoms with E-state index in [1.54, 1.807) is 24.3 Å². The van der Waals surface area contributed by atoms with Gasteiger partial charge in [0.1, 0.15) is 11.6 Å². The fourth-order valence-electron chi connectivity index (χ4n) is 3.49. The minimum atomic E-state index is -4.27. The molecule has 3 aromatic carbocycles. The third-order valence-corrected chi connectivity index (χ3v) is 6.56. The van der Waals surface area contributed by atoms with Crippen LogP contribution in [0.15, 0.2) is 71.6 Å². The maximum Gasteiger partial charge on any atom is 0.271 e. The summed E-state index contributed by atoms with van der Waals surface area (Å²) in [7, 11) is -4.27. The summed E-state index contributed by atoms with van der Waals surface area (Å²) in [6.07, 6.45) is 0. The maximum absolute atomic E-state index is 13.4. The monoisotopic (exact) mass is 436 g/mol. The first-order valence-corrected chi connectivity index (χ1v) is 10.8. The number of hydrogen-bond donors (Lipinski definition) is 1. The molecular weight excluding hydrogens is 419 g/mol. The van der Waals surface area contributed by atoms with Crippen LogP contribution in [0.5, 0.6) is 11.6 Å². The molecule has 0 saturated carbocycles. The summed E-state index contributed by atoms with van der Waals surface area (Å²) < 4.78 is 46.6. The van der Waals surface area contributed by atoms with Gasteiger partial charge >= 0.3 is 0 Å². The Kier molecular flexibility index (Phi) is 5.13. The molecule has 0 aliphatic heterocycles. The van der Waals surface area contributed by atoms with E-state index in [0.717, 1.165) is 28.2 Å². The third kappa shape index (κ3) is 3.39. The molecule has 0 unspecified atom stereocenters. The summed E-state index contributed by atoms with van der Waals surface area (Å²) in [4.78, 5) is -0.185. The Hall–Kier alpha value is -3.83. The van der Waals surface area contributed by atoms with E-state index < -0.39 is 21.7 Å². The van der Waals surface area contributed by atoms with Gasteiger partial charge in [-0.05, 0) is 55.5 Å². The van der Waals surface area contributed by atoms with Crippen molar-refractivity contribution in [1.29, 1.82) is 5.26 Å². The molecule has 8 heteroatoms. The Morgan fingerprint density at radius 2 is 1.81 bits per heavy atom. The average molecular weight is 436 g/mol. The van der Waals surface area contributed by atoms with Gasteiger partial charge in [-0.1, -0.05) is 18.2 Å². The van der Waals surface area contributed by atoms with Gasteiger partial charge in [-0.2, -0.15) is 5.26 Å². The summed E-state index contributed by atoms with van der Waals surface area (Å²) in [6.45, 7) is 2.18. The van der Waals surface area contributed by atoms with Crippen LogP contribution in [0, 0.1) is 17.1 Å². The van der Waals surface area contributed by atoms with Crippen LogP contribution < -0.4 is 4.74 Å². The van der Waals surface area contributed by atoms with Crippen molar-refractivity contribution in [2.75, 3.05) is 6.61 Å². The number of aromatic hydroxyl groups is 1. The Labute approximate surface area is 178 Å². The number of fused-ring (bicyclic) bond motifs is 1. The summed E-state index contributed by atoms with van der Waals surface area (Å²) in [5.41, 5.74) is 1.19. The van der Waals surface area contributed by atoms with Gasteiger partial charge in [-0.15, -0.1) is 0 Å². The van der Waals surface area contributed by atoms with Gasteiger partial charge in [-0.3, -0.25) is 0 Å². The SMILES string of the molecule is CCOc1ccccc1-c1c(O)n(S(=O)(=O)c2ccc(F)cc2)c2ccc(C#N)cc12. The van der Waals surface area contributed by atoms with E-state index in [1.165, 1.54) is 18.2 Å². The lowest BCUT2D eigenvalue weighted by molar-refractivity contribution is 0.341. The van der Waals surface area contributed by atoms with Gasteiger partial charge in [0.15, 0.2) is 0 Å². The number of para-hydroxylation sites is 1. The molecule has 0 atom stereocenters. The fraction of sp³-hybridized carbons (Fsp3) is 0.0870. The number of halogens is 1. The normalized spacial score (nSPS) is 11.4. The number of ether oxygens (including phenoxy) is 1. The second-order valence-corrected chi connectivity index (χ2v) is 8.48. The molecule has 0 spiro atoms. The molecule has 0 saturated heterocycles. The van der Waals surface area contributed by atoms with Gasteiger partial charge < -0.3 is 9.84 Å². The summed E-state index contributed by atoms with van der Waals surface area (Å²) >= 11 is 0. The van der Waals surface area contributed by atoms with Gasteiger partial charge in [0, 0.05) is 10.9 Å². The zero-order chi connectivity index (χ0) is 22.2. The smallest absolute Gasteiger partial charge is 0.271 e. The van der Waals surface area contributed by atoms with E-state index in [-0.39, 0.29) is 16.0 Å². The highest BCUT2D eigenvalue weighted by molar-refractivity contribution is 7.90. The lowest BCUT2D eigenvalue weighted by atomic mass is 10.0. The van der Waals surface area contributed by atoms with Crippen molar-refractivity contribution in [3.8, 4) is 28.8 Å². The zero-order valence-electron chi connectivity index (χ0n) is 16.4. The minimum absolute atomic E-state index is 0.183. The standard InChI is InChI=1S/C23H17FN2O4S/c1-2-30-21-6-4-3-5-18(21)22-19-13-15(14-25)7-12-20(19)26(23(22)27)31(28,29)17-10-8-16(24)9-11-17/h3-13,27H,2H2,1H3. The predicted octanol–water partition coefficient (Wildman–Crippen LogP) is 4.66. The second-order valence-electron chi connectivity index (χ2n) is 6.69. The summed E-state index contributed by atoms with van der Waals surface area (Å²) in [5.74, 6) is -0.645. The first-order valence-electron chi connectivity index (χ1n) is 9.39. The van der Waals surface area contributed by atoms with Gasteiger partial charge in [0.25, 0.3) is 10.0 Å². The number of hydrogen-bond acceptors (Lipinski definition) is 5. The second kappa shape index (κ2) is 7.78. The molecule has 0 amide bonds. The van der Waals surface area contributed by atoms with Gasteiger partial charge in [-0.25, -0.2) is 16.8 Å². The van der Waals surface area contributed by atoms with Crippen molar-refractivity contribution in [3.05, 3.63) is 78.1 Å². The molecule has 0 fully saturated rings. The Morgan fingerprint density at radius 1 is 1.10 bits per heavy atom. The molecule has 1 aromatic heterocycles. The molecule has 4 rings (SSSR count). The first-order chi connectivity index (χ1) is 14.9. The highest BCUT2D eigenvalue weighted by Gasteiger charge is 2.29. The molecule has 4 aromatic rings. The van der Waals surface area contributed by atoms with Crippen molar-refractivity contribution in [2.24, 2.45) is 0 Å². The lowest BCUT2D eigenvalue weighted by Gasteiger charge is -2.11. The number of aromatic nitrogens is 1. The Morgan fingerprint density at radius 3 is 2.48 bits per heavy atom. The third-order valence-electron chi connectivity index (χ3n) is 4.84. The van der Waals surface area contributed by atoms with Gasteiger partial charge in [0.05, 0.1) is 34.2 Å². The van der Waals surface area contributed by atoms with Crippen molar-refractivity contribution in [1.82, 2.24) is 3.97 Å². The number of rotatable bonds is 5. The molecule has 0 bridgehead atoms. The Bertz CT molecular complexity index is 1440.